The summed E-state index contributed by atoms with van der Waals surface area (Å²) < 4.78 is 25.5. The Labute approximate surface area is 64.6 Å². The summed E-state index contributed by atoms with van der Waals surface area (Å²) in [7, 11) is 1.39. The van der Waals surface area contributed by atoms with Gasteiger partial charge in [0.25, 0.3) is 0 Å². The highest BCUT2D eigenvalue weighted by Gasteiger charge is 2.04. The van der Waals surface area contributed by atoms with E-state index >= 15 is 0 Å². The molecule has 2 N–H and O–H groups in total. The van der Waals surface area contributed by atoms with Gasteiger partial charge in [0.15, 0.2) is 0 Å². The lowest BCUT2D eigenvalue weighted by Gasteiger charge is -2.01. The summed E-state index contributed by atoms with van der Waals surface area (Å²) in [5.41, 5.74) is 5.73. The summed E-state index contributed by atoms with van der Waals surface area (Å²) in [5.74, 6) is -1.07. The maximum atomic E-state index is 12.7. The highest BCUT2D eigenvalue weighted by molar-refractivity contribution is 6.32. The van der Waals surface area contributed by atoms with Crippen molar-refractivity contribution < 1.29 is 8.78 Å². The van der Waals surface area contributed by atoms with Crippen molar-refractivity contribution in [3.8, 4) is 0 Å². The Morgan fingerprint density at radius 2 is 1.73 bits per heavy atom. The van der Waals surface area contributed by atoms with Crippen LogP contribution in [0, 0.1) is 11.6 Å². The largest absolute Gasteiger partial charge is 0.326 e. The second-order valence-electron chi connectivity index (χ2n) is 2.39. The summed E-state index contributed by atoms with van der Waals surface area (Å²) in [5, 5.41) is 0. The van der Waals surface area contributed by atoms with Crippen molar-refractivity contribution in [1.29, 1.82) is 0 Å². The topological polar surface area (TPSA) is 26.0 Å². The first-order valence-corrected chi connectivity index (χ1v) is 3.29. The molecule has 58 valence electrons. The maximum Gasteiger partial charge on any atom is 0.147 e. The molecule has 0 aliphatic heterocycles. The number of halogens is 2. The molecule has 0 fully saturated rings. The highest BCUT2D eigenvalue weighted by Crippen LogP contribution is 2.03. The van der Waals surface area contributed by atoms with Crippen LogP contribution in [0.3, 0.4) is 0 Å². The summed E-state index contributed by atoms with van der Waals surface area (Å²) in [6, 6.07) is 2.50. The molecule has 0 aliphatic carbocycles. The molecule has 0 aromatic heterocycles. The zero-order chi connectivity index (χ0) is 8.43. The van der Waals surface area contributed by atoms with Gasteiger partial charge in [-0.05, 0) is 23.2 Å². The first-order chi connectivity index (χ1) is 5.15. The molecule has 0 aliphatic rings. The van der Waals surface area contributed by atoms with E-state index in [9.17, 15) is 8.78 Å². The van der Waals surface area contributed by atoms with E-state index in [0.29, 0.717) is 5.56 Å². The zero-order valence-corrected chi connectivity index (χ0v) is 6.20. The molecule has 1 aromatic rings. The van der Waals surface area contributed by atoms with Gasteiger partial charge >= 0.3 is 0 Å². The first kappa shape index (κ1) is 8.20. The summed E-state index contributed by atoms with van der Waals surface area (Å²) in [6.07, 6.45) is 0. The predicted molar refractivity (Wildman–Crippen MR) is 42.4 cm³/mol. The SMILES string of the molecule is Bc1c(F)cc(CN)cc1F. The fraction of sp³-hybridized carbons (Fsp3) is 0.143. The fourth-order valence-corrected chi connectivity index (χ4v) is 0.816. The monoisotopic (exact) mass is 155 g/mol. The third kappa shape index (κ3) is 1.57. The molecular formula is C7H8BF2N. The van der Waals surface area contributed by atoms with Crippen molar-refractivity contribution in [2.75, 3.05) is 0 Å². The van der Waals surface area contributed by atoms with Crippen LogP contribution in [0.25, 0.3) is 0 Å². The Hall–Kier alpha value is -0.895. The lowest BCUT2D eigenvalue weighted by molar-refractivity contribution is 0.594. The van der Waals surface area contributed by atoms with Crippen molar-refractivity contribution in [2.45, 2.75) is 6.54 Å². The van der Waals surface area contributed by atoms with Gasteiger partial charge in [0, 0.05) is 6.54 Å². The second kappa shape index (κ2) is 3.01. The highest BCUT2D eigenvalue weighted by atomic mass is 19.1. The summed E-state index contributed by atoms with van der Waals surface area (Å²) >= 11 is 0. The smallest absolute Gasteiger partial charge is 0.147 e. The summed E-state index contributed by atoms with van der Waals surface area (Å²) in [4.78, 5) is 0. The molecule has 0 radical (unpaired) electrons. The lowest BCUT2D eigenvalue weighted by atomic mass is 9.93. The van der Waals surface area contributed by atoms with E-state index in [2.05, 4.69) is 0 Å². The molecule has 4 heteroatoms. The molecule has 0 unspecified atom stereocenters. The Balaban J connectivity index is 3.21. The number of rotatable bonds is 1. The average Bonchev–Trinajstić information content (AvgIpc) is 1.99. The van der Waals surface area contributed by atoms with Gasteiger partial charge in [-0.25, -0.2) is 8.78 Å². The van der Waals surface area contributed by atoms with Gasteiger partial charge in [-0.3, -0.25) is 0 Å². The number of benzene rings is 1. The van der Waals surface area contributed by atoms with Crippen LogP contribution in [0.4, 0.5) is 8.78 Å². The van der Waals surface area contributed by atoms with E-state index in [-0.39, 0.29) is 12.0 Å². The molecule has 0 saturated carbocycles. The van der Waals surface area contributed by atoms with E-state index in [1.54, 1.807) is 0 Å². The van der Waals surface area contributed by atoms with Crippen LogP contribution in [0.1, 0.15) is 5.56 Å². The molecule has 0 bridgehead atoms. The van der Waals surface area contributed by atoms with E-state index in [1.807, 2.05) is 0 Å². The maximum absolute atomic E-state index is 12.7. The van der Waals surface area contributed by atoms with Crippen LogP contribution in [0.5, 0.6) is 0 Å². The molecular weight excluding hydrogens is 147 g/mol. The molecule has 0 atom stereocenters. The van der Waals surface area contributed by atoms with Crippen molar-refractivity contribution in [3.05, 3.63) is 29.3 Å². The minimum absolute atomic E-state index is 0.0437. The molecule has 1 rings (SSSR count). The Morgan fingerprint density at radius 3 is 2.09 bits per heavy atom. The Bertz CT molecular complexity index is 252. The average molecular weight is 155 g/mol. The van der Waals surface area contributed by atoms with E-state index in [0.717, 1.165) is 0 Å². The number of hydrogen-bond donors (Lipinski definition) is 1. The summed E-state index contributed by atoms with van der Waals surface area (Å²) in [6.45, 7) is 0.161. The number of hydrogen-bond acceptors (Lipinski definition) is 1. The van der Waals surface area contributed by atoms with Gasteiger partial charge in [0.05, 0.1) is 0 Å². The minimum Gasteiger partial charge on any atom is -0.326 e. The van der Waals surface area contributed by atoms with Crippen molar-refractivity contribution >= 4 is 13.3 Å². The normalized spacial score (nSPS) is 10.1. The fourth-order valence-electron chi connectivity index (χ4n) is 0.816. The van der Waals surface area contributed by atoms with E-state index in [4.69, 9.17) is 5.73 Å². The molecule has 0 amide bonds. The Morgan fingerprint density at radius 1 is 1.27 bits per heavy atom. The third-order valence-electron chi connectivity index (χ3n) is 1.58. The standard InChI is InChI=1S/C7H8BF2N/c8-7-5(9)1-4(3-11)2-6(7)10/h1-2H,3,8,11H2. The zero-order valence-electron chi connectivity index (χ0n) is 6.20. The van der Waals surface area contributed by atoms with Gasteiger partial charge in [-0.1, -0.05) is 0 Å². The molecule has 1 aromatic carbocycles. The van der Waals surface area contributed by atoms with Gasteiger partial charge in [-0.15, -0.1) is 0 Å². The Kier molecular flexibility index (Phi) is 2.24. The molecule has 0 heterocycles. The van der Waals surface area contributed by atoms with Gasteiger partial charge in [-0.2, -0.15) is 0 Å². The third-order valence-corrected chi connectivity index (χ3v) is 1.58. The van der Waals surface area contributed by atoms with Crippen molar-refractivity contribution in [3.63, 3.8) is 0 Å². The van der Waals surface area contributed by atoms with Crippen LogP contribution in [-0.2, 0) is 6.54 Å². The predicted octanol–water partition coefficient (Wildman–Crippen LogP) is -0.318. The first-order valence-electron chi connectivity index (χ1n) is 3.29. The van der Waals surface area contributed by atoms with Crippen molar-refractivity contribution in [1.82, 2.24) is 0 Å². The van der Waals surface area contributed by atoms with Gasteiger partial charge < -0.3 is 5.73 Å². The molecule has 0 saturated heterocycles. The van der Waals surface area contributed by atoms with E-state index in [1.165, 1.54) is 20.0 Å². The minimum atomic E-state index is -0.537. The second-order valence-corrected chi connectivity index (χ2v) is 2.39. The van der Waals surface area contributed by atoms with E-state index < -0.39 is 11.6 Å². The van der Waals surface area contributed by atoms with Crippen LogP contribution < -0.4 is 11.2 Å². The van der Waals surface area contributed by atoms with Gasteiger partial charge in [0.1, 0.15) is 19.5 Å². The van der Waals surface area contributed by atoms with Crippen LogP contribution in [0.15, 0.2) is 12.1 Å². The quantitative estimate of drug-likeness (QED) is 0.552. The van der Waals surface area contributed by atoms with Crippen LogP contribution >= 0.6 is 0 Å². The van der Waals surface area contributed by atoms with Gasteiger partial charge in [0.2, 0.25) is 0 Å². The molecule has 1 nitrogen and oxygen atoms in total. The number of nitrogens with two attached hydrogens (primary N) is 1. The van der Waals surface area contributed by atoms with Crippen molar-refractivity contribution in [2.24, 2.45) is 5.73 Å². The lowest BCUT2D eigenvalue weighted by Crippen LogP contribution is -2.15. The van der Waals surface area contributed by atoms with Crippen LogP contribution in [-0.4, -0.2) is 7.85 Å². The molecule has 0 spiro atoms. The molecule has 11 heavy (non-hydrogen) atoms. The van der Waals surface area contributed by atoms with Crippen LogP contribution in [0.2, 0.25) is 0 Å².